The topological polar surface area (TPSA) is 148 Å². The van der Waals surface area contributed by atoms with Crippen molar-refractivity contribution in [1.82, 2.24) is 4.90 Å². The number of nitriles is 1. The molecule has 0 spiro atoms. The SMILES string of the molecule is Cc1ccc(C(=O)N2CCC(c3ccc(C#N)cc3)CC2)cc1N(C(N)=O)[C@@H](CO)C(=O)O. The third-order valence-corrected chi connectivity index (χ3v) is 6.02. The maximum absolute atomic E-state index is 13.1. The van der Waals surface area contributed by atoms with Crippen LogP contribution >= 0.6 is 0 Å². The minimum absolute atomic E-state index is 0.169. The molecule has 9 nitrogen and oxygen atoms in total. The largest absolute Gasteiger partial charge is 0.480 e. The molecular formula is C24H26N4O5. The highest BCUT2D eigenvalue weighted by atomic mass is 16.4. The summed E-state index contributed by atoms with van der Waals surface area (Å²) in [6.45, 7) is 1.93. The van der Waals surface area contributed by atoms with Crippen LogP contribution in [0.3, 0.4) is 0 Å². The fraction of sp³-hybridized carbons (Fsp3) is 0.333. The van der Waals surface area contributed by atoms with E-state index in [1.54, 1.807) is 36.1 Å². The van der Waals surface area contributed by atoms with Crippen molar-refractivity contribution >= 4 is 23.6 Å². The van der Waals surface area contributed by atoms with Crippen LogP contribution in [0, 0.1) is 18.3 Å². The normalized spacial score (nSPS) is 14.9. The van der Waals surface area contributed by atoms with Crippen molar-refractivity contribution in [2.24, 2.45) is 5.73 Å². The molecule has 1 fully saturated rings. The molecule has 1 aliphatic rings. The van der Waals surface area contributed by atoms with Gasteiger partial charge in [0.1, 0.15) is 0 Å². The van der Waals surface area contributed by atoms with E-state index in [2.05, 4.69) is 6.07 Å². The van der Waals surface area contributed by atoms with E-state index in [-0.39, 0.29) is 11.6 Å². The van der Waals surface area contributed by atoms with Crippen LogP contribution in [0.25, 0.3) is 0 Å². The van der Waals surface area contributed by atoms with Crippen molar-refractivity contribution in [3.63, 3.8) is 0 Å². The zero-order valence-electron chi connectivity index (χ0n) is 18.3. The minimum Gasteiger partial charge on any atom is -0.480 e. The molecule has 4 N–H and O–H groups in total. The monoisotopic (exact) mass is 450 g/mol. The molecule has 9 heteroatoms. The number of anilines is 1. The quantitative estimate of drug-likeness (QED) is 0.615. The smallest absolute Gasteiger partial charge is 0.329 e. The first kappa shape index (κ1) is 23.8. The number of nitrogens with two attached hydrogens (primary N) is 1. The van der Waals surface area contributed by atoms with Crippen LogP contribution in [0.1, 0.15) is 45.8 Å². The van der Waals surface area contributed by atoms with Gasteiger partial charge in [0.05, 0.1) is 23.9 Å². The van der Waals surface area contributed by atoms with E-state index in [9.17, 15) is 24.6 Å². The van der Waals surface area contributed by atoms with E-state index in [0.29, 0.717) is 35.7 Å². The summed E-state index contributed by atoms with van der Waals surface area (Å²) in [5.74, 6) is -1.34. The van der Waals surface area contributed by atoms with Gasteiger partial charge in [0, 0.05) is 18.7 Å². The predicted octanol–water partition coefficient (Wildman–Crippen LogP) is 2.22. The van der Waals surface area contributed by atoms with Gasteiger partial charge in [-0.05, 0) is 61.1 Å². The van der Waals surface area contributed by atoms with Gasteiger partial charge in [0.25, 0.3) is 5.91 Å². The highest BCUT2D eigenvalue weighted by Crippen LogP contribution is 2.30. The Hall–Kier alpha value is -3.90. The number of amides is 3. The van der Waals surface area contributed by atoms with E-state index in [0.717, 1.165) is 23.3 Å². The molecule has 1 saturated heterocycles. The highest BCUT2D eigenvalue weighted by molar-refractivity contribution is 6.01. The van der Waals surface area contributed by atoms with Crippen molar-refractivity contribution in [2.75, 3.05) is 24.6 Å². The molecule has 2 aromatic rings. The Labute approximate surface area is 191 Å². The van der Waals surface area contributed by atoms with Crippen LogP contribution in [0.15, 0.2) is 42.5 Å². The summed E-state index contributed by atoms with van der Waals surface area (Å²) in [6, 6.07) is 11.7. The molecule has 0 aromatic heterocycles. The fourth-order valence-corrected chi connectivity index (χ4v) is 4.14. The van der Waals surface area contributed by atoms with Gasteiger partial charge in [-0.25, -0.2) is 9.59 Å². The number of rotatable bonds is 6. The van der Waals surface area contributed by atoms with E-state index >= 15 is 0 Å². The van der Waals surface area contributed by atoms with Crippen LogP contribution in [0.4, 0.5) is 10.5 Å². The van der Waals surface area contributed by atoms with Crippen LogP contribution in [-0.2, 0) is 4.79 Å². The lowest BCUT2D eigenvalue weighted by Crippen LogP contribution is -2.50. The average molecular weight is 450 g/mol. The number of carboxylic acid groups (broad SMARTS) is 1. The highest BCUT2D eigenvalue weighted by Gasteiger charge is 2.31. The molecule has 0 radical (unpaired) electrons. The number of likely N-dealkylation sites (tertiary alicyclic amines) is 1. The average Bonchev–Trinajstić information content (AvgIpc) is 2.82. The van der Waals surface area contributed by atoms with Crippen molar-refractivity contribution in [2.45, 2.75) is 31.7 Å². The number of piperidine rings is 1. The summed E-state index contributed by atoms with van der Waals surface area (Å²) >= 11 is 0. The molecule has 3 rings (SSSR count). The Morgan fingerprint density at radius 3 is 2.33 bits per heavy atom. The van der Waals surface area contributed by atoms with E-state index in [1.165, 1.54) is 6.07 Å². The van der Waals surface area contributed by atoms with Crippen molar-refractivity contribution in [3.8, 4) is 6.07 Å². The molecule has 0 unspecified atom stereocenters. The molecule has 0 bridgehead atoms. The number of aliphatic hydroxyl groups is 1. The van der Waals surface area contributed by atoms with Gasteiger partial charge in [-0.15, -0.1) is 0 Å². The standard InChI is InChI=1S/C24H26N4O5/c1-15-2-5-19(12-20(15)28(24(26)33)21(14-29)23(31)32)22(30)27-10-8-18(9-11-27)17-6-3-16(13-25)4-7-17/h2-7,12,18,21,29H,8-11,14H2,1H3,(H2,26,33)(H,31,32)/t21-/m0/s1. The Morgan fingerprint density at radius 1 is 1.18 bits per heavy atom. The molecule has 3 amide bonds. The number of aryl methyl sites for hydroxylation is 1. The number of primary amides is 1. The Kier molecular flexibility index (Phi) is 7.30. The molecular weight excluding hydrogens is 424 g/mol. The second-order valence-corrected chi connectivity index (χ2v) is 8.05. The van der Waals surface area contributed by atoms with Crippen molar-refractivity contribution in [1.29, 1.82) is 5.26 Å². The molecule has 0 saturated carbocycles. The maximum atomic E-state index is 13.1. The lowest BCUT2D eigenvalue weighted by Gasteiger charge is -2.33. The summed E-state index contributed by atoms with van der Waals surface area (Å²) in [7, 11) is 0. The number of hydrogen-bond donors (Lipinski definition) is 3. The van der Waals surface area contributed by atoms with Gasteiger partial charge in [0.15, 0.2) is 6.04 Å². The number of hydrogen-bond acceptors (Lipinski definition) is 5. The van der Waals surface area contributed by atoms with Crippen LogP contribution in [0.2, 0.25) is 0 Å². The van der Waals surface area contributed by atoms with Gasteiger partial charge in [0.2, 0.25) is 0 Å². The third kappa shape index (κ3) is 5.13. The summed E-state index contributed by atoms with van der Waals surface area (Å²) in [5, 5.41) is 27.8. The summed E-state index contributed by atoms with van der Waals surface area (Å²) in [4.78, 5) is 39.2. The molecule has 1 heterocycles. The summed E-state index contributed by atoms with van der Waals surface area (Å²) < 4.78 is 0. The molecule has 1 aliphatic heterocycles. The van der Waals surface area contributed by atoms with Gasteiger partial charge in [-0.1, -0.05) is 18.2 Å². The maximum Gasteiger partial charge on any atom is 0.329 e. The van der Waals surface area contributed by atoms with Gasteiger partial charge < -0.3 is 20.8 Å². The fourth-order valence-electron chi connectivity index (χ4n) is 4.14. The van der Waals surface area contributed by atoms with E-state index < -0.39 is 24.6 Å². The molecule has 33 heavy (non-hydrogen) atoms. The Morgan fingerprint density at radius 2 is 1.82 bits per heavy atom. The number of carbonyl (C=O) groups excluding carboxylic acids is 2. The van der Waals surface area contributed by atoms with Crippen molar-refractivity contribution in [3.05, 3.63) is 64.7 Å². The first-order valence-corrected chi connectivity index (χ1v) is 10.6. The second-order valence-electron chi connectivity index (χ2n) is 8.05. The van der Waals surface area contributed by atoms with E-state index in [4.69, 9.17) is 11.0 Å². The number of carbonyl (C=O) groups is 3. The van der Waals surface area contributed by atoms with Crippen LogP contribution in [-0.4, -0.2) is 58.8 Å². The zero-order valence-corrected chi connectivity index (χ0v) is 18.3. The van der Waals surface area contributed by atoms with Crippen LogP contribution in [0.5, 0.6) is 0 Å². The lowest BCUT2D eigenvalue weighted by atomic mass is 9.89. The predicted molar refractivity (Wildman–Crippen MR) is 121 cm³/mol. The summed E-state index contributed by atoms with van der Waals surface area (Å²) in [5.41, 5.74) is 8.18. The number of urea groups is 1. The van der Waals surface area contributed by atoms with Crippen LogP contribution < -0.4 is 10.6 Å². The number of aliphatic hydroxyl groups excluding tert-OH is 1. The van der Waals surface area contributed by atoms with Crippen molar-refractivity contribution < 1.29 is 24.6 Å². The second kappa shape index (κ2) is 10.1. The number of carboxylic acids is 1. The molecule has 172 valence electrons. The number of aliphatic carboxylic acids is 1. The zero-order chi connectivity index (χ0) is 24.1. The Bertz CT molecular complexity index is 1090. The molecule has 2 aromatic carbocycles. The molecule has 0 aliphatic carbocycles. The minimum atomic E-state index is -1.56. The summed E-state index contributed by atoms with van der Waals surface area (Å²) in [6.07, 6.45) is 1.55. The van der Waals surface area contributed by atoms with E-state index in [1.807, 2.05) is 12.1 Å². The number of nitrogens with zero attached hydrogens (tertiary/aromatic N) is 3. The number of benzene rings is 2. The molecule has 1 atom stereocenters. The van der Waals surface area contributed by atoms with Gasteiger partial charge in [-0.2, -0.15) is 5.26 Å². The first-order chi connectivity index (χ1) is 15.8. The van der Waals surface area contributed by atoms with Gasteiger partial charge >= 0.3 is 12.0 Å². The first-order valence-electron chi connectivity index (χ1n) is 10.6. The third-order valence-electron chi connectivity index (χ3n) is 6.02. The van der Waals surface area contributed by atoms with Gasteiger partial charge in [-0.3, -0.25) is 9.69 Å². The lowest BCUT2D eigenvalue weighted by molar-refractivity contribution is -0.139. The Balaban J connectivity index is 1.77.